The minimum Gasteiger partial charge on any atom is -0.487 e. The summed E-state index contributed by atoms with van der Waals surface area (Å²) in [4.78, 5) is 20.2. The van der Waals surface area contributed by atoms with Gasteiger partial charge in [0.25, 0.3) is 0 Å². The van der Waals surface area contributed by atoms with Gasteiger partial charge in [-0.3, -0.25) is 4.79 Å². The van der Waals surface area contributed by atoms with Crippen LogP contribution in [0.4, 0.5) is 21.6 Å². The molecule has 4 N–H and O–H groups in total. The third kappa shape index (κ3) is 5.11. The number of amides is 1. The highest BCUT2D eigenvalue weighted by molar-refractivity contribution is 6.32. The fourth-order valence-electron chi connectivity index (χ4n) is 3.07. The molecule has 162 valence electrons. The van der Waals surface area contributed by atoms with Gasteiger partial charge < -0.3 is 21.1 Å². The Morgan fingerprint density at radius 1 is 1.06 bits per heavy atom. The summed E-state index contributed by atoms with van der Waals surface area (Å²) in [6.07, 6.45) is 1.45. The van der Waals surface area contributed by atoms with Gasteiger partial charge in [-0.15, -0.1) is 0 Å². The first-order chi connectivity index (χ1) is 15.5. The molecule has 0 unspecified atom stereocenters. The second kappa shape index (κ2) is 9.59. The van der Waals surface area contributed by atoms with Crippen molar-refractivity contribution < 1.29 is 13.9 Å². The van der Waals surface area contributed by atoms with E-state index >= 15 is 0 Å². The molecule has 4 rings (SSSR count). The Morgan fingerprint density at radius 3 is 2.69 bits per heavy atom. The summed E-state index contributed by atoms with van der Waals surface area (Å²) >= 11 is 6.38. The first-order valence-electron chi connectivity index (χ1n) is 9.70. The van der Waals surface area contributed by atoms with Gasteiger partial charge in [0.1, 0.15) is 30.3 Å². The molecule has 1 heterocycles. The number of nitrogens with one attached hydrogen (secondary N) is 2. The number of ether oxygens (including phenoxy) is 1. The van der Waals surface area contributed by atoms with Gasteiger partial charge in [-0.25, -0.2) is 14.4 Å². The Bertz CT molecular complexity index is 1280. The van der Waals surface area contributed by atoms with E-state index in [4.69, 9.17) is 22.1 Å². The van der Waals surface area contributed by atoms with Crippen molar-refractivity contribution in [3.63, 3.8) is 0 Å². The zero-order valence-electron chi connectivity index (χ0n) is 16.8. The van der Waals surface area contributed by atoms with Crippen molar-refractivity contribution in [1.82, 2.24) is 9.97 Å². The van der Waals surface area contributed by atoms with Gasteiger partial charge in [-0.05, 0) is 54.1 Å². The fourth-order valence-corrected chi connectivity index (χ4v) is 3.30. The number of hydrogen-bond donors (Lipinski definition) is 3. The van der Waals surface area contributed by atoms with E-state index in [1.54, 1.807) is 48.5 Å². The molecule has 0 fully saturated rings. The smallest absolute Gasteiger partial charge is 0.238 e. The molecule has 32 heavy (non-hydrogen) atoms. The zero-order valence-corrected chi connectivity index (χ0v) is 17.6. The van der Waals surface area contributed by atoms with Crippen molar-refractivity contribution in [3.8, 4) is 5.75 Å². The Morgan fingerprint density at radius 2 is 1.91 bits per heavy atom. The van der Waals surface area contributed by atoms with Crippen molar-refractivity contribution >= 4 is 45.6 Å². The SMILES string of the molecule is NCC(=O)Nc1ccc2ncnc(Nc3ccc(OCc4cccc(F)c4)c(Cl)c3)c2c1. The van der Waals surface area contributed by atoms with Crippen LogP contribution in [0, 0.1) is 5.82 Å². The van der Waals surface area contributed by atoms with E-state index in [9.17, 15) is 9.18 Å². The fraction of sp³-hybridized carbons (Fsp3) is 0.0870. The number of anilines is 3. The summed E-state index contributed by atoms with van der Waals surface area (Å²) in [6, 6.07) is 16.7. The maximum absolute atomic E-state index is 13.3. The minimum absolute atomic E-state index is 0.111. The number of rotatable bonds is 7. The third-order valence-corrected chi connectivity index (χ3v) is 4.88. The number of nitrogens with two attached hydrogens (primary N) is 1. The lowest BCUT2D eigenvalue weighted by Gasteiger charge is -2.12. The molecule has 9 heteroatoms. The van der Waals surface area contributed by atoms with Crippen LogP contribution in [-0.2, 0) is 11.4 Å². The van der Waals surface area contributed by atoms with Crippen LogP contribution < -0.4 is 21.1 Å². The van der Waals surface area contributed by atoms with Gasteiger partial charge >= 0.3 is 0 Å². The molecule has 0 saturated carbocycles. The normalized spacial score (nSPS) is 10.7. The molecule has 0 aliphatic rings. The van der Waals surface area contributed by atoms with E-state index in [-0.39, 0.29) is 24.9 Å². The molecule has 3 aromatic carbocycles. The van der Waals surface area contributed by atoms with Gasteiger partial charge in [0.2, 0.25) is 5.91 Å². The predicted molar refractivity (Wildman–Crippen MR) is 123 cm³/mol. The van der Waals surface area contributed by atoms with Gasteiger partial charge in [0, 0.05) is 16.8 Å². The number of fused-ring (bicyclic) bond motifs is 1. The monoisotopic (exact) mass is 451 g/mol. The van der Waals surface area contributed by atoms with E-state index in [0.717, 1.165) is 0 Å². The van der Waals surface area contributed by atoms with Gasteiger partial charge in [-0.1, -0.05) is 23.7 Å². The Hall–Kier alpha value is -3.75. The molecular formula is C23H19ClFN5O2. The van der Waals surface area contributed by atoms with E-state index < -0.39 is 0 Å². The van der Waals surface area contributed by atoms with E-state index in [0.29, 0.717) is 44.4 Å². The van der Waals surface area contributed by atoms with Crippen molar-refractivity contribution in [2.24, 2.45) is 5.73 Å². The van der Waals surface area contributed by atoms with E-state index in [1.807, 2.05) is 0 Å². The summed E-state index contributed by atoms with van der Waals surface area (Å²) in [5.41, 5.74) is 8.04. The van der Waals surface area contributed by atoms with Crippen LogP contribution in [0.2, 0.25) is 5.02 Å². The number of carbonyl (C=O) groups is 1. The highest BCUT2D eigenvalue weighted by Gasteiger charge is 2.09. The number of aromatic nitrogens is 2. The van der Waals surface area contributed by atoms with Crippen LogP contribution in [-0.4, -0.2) is 22.4 Å². The molecule has 4 aromatic rings. The predicted octanol–water partition coefficient (Wildman–Crippen LogP) is 4.64. The Kier molecular flexibility index (Phi) is 6.44. The average Bonchev–Trinajstić information content (AvgIpc) is 2.79. The maximum Gasteiger partial charge on any atom is 0.238 e. The van der Waals surface area contributed by atoms with Crippen LogP contribution in [0.3, 0.4) is 0 Å². The molecule has 1 amide bonds. The van der Waals surface area contributed by atoms with Crippen LogP contribution in [0.25, 0.3) is 10.9 Å². The van der Waals surface area contributed by atoms with Crippen molar-refractivity contribution in [2.45, 2.75) is 6.61 Å². The zero-order chi connectivity index (χ0) is 22.5. The van der Waals surface area contributed by atoms with Crippen LogP contribution in [0.1, 0.15) is 5.56 Å². The molecule has 0 saturated heterocycles. The number of halogens is 2. The summed E-state index contributed by atoms with van der Waals surface area (Å²) in [6.45, 7) is 0.0820. The first kappa shape index (κ1) is 21.5. The minimum atomic E-state index is -0.320. The van der Waals surface area contributed by atoms with E-state index in [2.05, 4.69) is 20.6 Å². The maximum atomic E-state index is 13.3. The molecule has 7 nitrogen and oxygen atoms in total. The lowest BCUT2D eigenvalue weighted by atomic mass is 10.2. The molecule has 0 aliphatic heterocycles. The third-order valence-electron chi connectivity index (χ3n) is 4.58. The quantitative estimate of drug-likeness (QED) is 0.378. The molecule has 0 bridgehead atoms. The first-order valence-corrected chi connectivity index (χ1v) is 10.1. The van der Waals surface area contributed by atoms with Crippen molar-refractivity contribution in [2.75, 3.05) is 17.2 Å². The summed E-state index contributed by atoms with van der Waals surface area (Å²) in [5.74, 6) is 0.403. The number of benzene rings is 3. The highest BCUT2D eigenvalue weighted by atomic mass is 35.5. The van der Waals surface area contributed by atoms with Crippen molar-refractivity contribution in [1.29, 1.82) is 0 Å². The van der Waals surface area contributed by atoms with Crippen LogP contribution in [0.5, 0.6) is 5.75 Å². The van der Waals surface area contributed by atoms with Gasteiger partial charge in [0.15, 0.2) is 0 Å². The van der Waals surface area contributed by atoms with Crippen LogP contribution >= 0.6 is 11.6 Å². The van der Waals surface area contributed by atoms with Crippen molar-refractivity contribution in [3.05, 3.63) is 83.4 Å². The molecule has 0 aliphatic carbocycles. The summed E-state index contributed by atoms with van der Waals surface area (Å²) < 4.78 is 19.0. The van der Waals surface area contributed by atoms with E-state index in [1.165, 1.54) is 18.5 Å². The second-order valence-corrected chi connectivity index (χ2v) is 7.30. The average molecular weight is 452 g/mol. The number of nitrogens with zero attached hydrogens (tertiary/aromatic N) is 2. The largest absolute Gasteiger partial charge is 0.487 e. The number of carbonyl (C=O) groups excluding carboxylic acids is 1. The molecule has 1 aromatic heterocycles. The lowest BCUT2D eigenvalue weighted by molar-refractivity contribution is -0.114. The number of hydrogen-bond acceptors (Lipinski definition) is 6. The topological polar surface area (TPSA) is 102 Å². The Labute approximate surface area is 188 Å². The molecule has 0 spiro atoms. The Balaban J connectivity index is 1.52. The molecular weight excluding hydrogens is 433 g/mol. The van der Waals surface area contributed by atoms with Crippen LogP contribution in [0.15, 0.2) is 67.0 Å². The molecule has 0 atom stereocenters. The molecule has 0 radical (unpaired) electrons. The van der Waals surface area contributed by atoms with Gasteiger partial charge in [-0.2, -0.15) is 0 Å². The summed E-state index contributed by atoms with van der Waals surface area (Å²) in [5, 5.41) is 7.03. The standard InChI is InChI=1S/C23H19ClFN5O2/c24-19-10-17(5-7-21(19)32-12-14-2-1-3-15(25)8-14)30-23-18-9-16(29-22(31)11-26)4-6-20(18)27-13-28-23/h1-10,13H,11-12,26H2,(H,29,31)(H,27,28,30). The van der Waals surface area contributed by atoms with Gasteiger partial charge in [0.05, 0.1) is 17.1 Å². The lowest BCUT2D eigenvalue weighted by Crippen LogP contribution is -2.21. The second-order valence-electron chi connectivity index (χ2n) is 6.90. The highest BCUT2D eigenvalue weighted by Crippen LogP contribution is 2.31. The summed E-state index contributed by atoms with van der Waals surface area (Å²) in [7, 11) is 0.